The summed E-state index contributed by atoms with van der Waals surface area (Å²) in [7, 11) is 1.53. The molecule has 1 saturated heterocycles. The Morgan fingerprint density at radius 3 is 2.27 bits per heavy atom. The molecule has 4 rings (SSSR count). The lowest BCUT2D eigenvalue weighted by molar-refractivity contribution is -0.132. The average molecular weight is 422 g/mol. The molecule has 0 radical (unpaired) electrons. The number of carbonyl (C=O) groups is 2. The van der Waals surface area contributed by atoms with Gasteiger partial charge in [0.25, 0.3) is 5.78 Å². The number of rotatable bonds is 4. The van der Waals surface area contributed by atoms with Gasteiger partial charge in [0.05, 0.1) is 18.7 Å². The summed E-state index contributed by atoms with van der Waals surface area (Å²) in [6.07, 6.45) is 2.95. The van der Waals surface area contributed by atoms with Gasteiger partial charge < -0.3 is 9.84 Å². The van der Waals surface area contributed by atoms with Crippen molar-refractivity contribution in [3.8, 4) is 5.75 Å². The number of hydrogen-bond acceptors (Lipinski definition) is 6. The average Bonchev–Trinajstić information content (AvgIpc) is 3.05. The van der Waals surface area contributed by atoms with Gasteiger partial charge in [-0.25, -0.2) is 9.97 Å². The minimum atomic E-state index is -0.910. The first-order chi connectivity index (χ1) is 14.5. The number of aliphatic hydroxyl groups is 1. The number of anilines is 1. The van der Waals surface area contributed by atoms with Crippen LogP contribution >= 0.6 is 11.6 Å². The number of amides is 1. The molecule has 1 atom stereocenters. The number of methoxy groups -OCH3 is 1. The van der Waals surface area contributed by atoms with Crippen LogP contribution in [0.3, 0.4) is 0 Å². The Kier molecular flexibility index (Phi) is 5.20. The van der Waals surface area contributed by atoms with Crippen molar-refractivity contribution in [2.24, 2.45) is 0 Å². The van der Waals surface area contributed by atoms with Crippen molar-refractivity contribution in [3.05, 3.63) is 88.7 Å². The minimum Gasteiger partial charge on any atom is -0.507 e. The monoisotopic (exact) mass is 421 g/mol. The SMILES string of the molecule is COc1ccc(C(O)=C2C(=O)C(=O)N(c3ncccn3)C2c2ccc(Cl)cc2)cc1. The molecule has 150 valence electrons. The predicted octanol–water partition coefficient (Wildman–Crippen LogP) is 3.76. The van der Waals surface area contributed by atoms with Crippen LogP contribution in [0.4, 0.5) is 5.95 Å². The number of ether oxygens (including phenoxy) is 1. The number of ketones is 1. The first kappa shape index (κ1) is 19.6. The van der Waals surface area contributed by atoms with E-state index in [9.17, 15) is 14.7 Å². The Morgan fingerprint density at radius 1 is 1.03 bits per heavy atom. The van der Waals surface area contributed by atoms with Crippen molar-refractivity contribution in [3.63, 3.8) is 0 Å². The van der Waals surface area contributed by atoms with Gasteiger partial charge in [0, 0.05) is 23.0 Å². The van der Waals surface area contributed by atoms with E-state index >= 15 is 0 Å². The highest BCUT2D eigenvalue weighted by atomic mass is 35.5. The molecule has 2 heterocycles. The molecule has 2 aromatic carbocycles. The third-order valence-electron chi connectivity index (χ3n) is 4.76. The molecule has 0 spiro atoms. The fourth-order valence-electron chi connectivity index (χ4n) is 3.32. The van der Waals surface area contributed by atoms with Crippen molar-refractivity contribution in [2.45, 2.75) is 6.04 Å². The van der Waals surface area contributed by atoms with Crippen molar-refractivity contribution in [2.75, 3.05) is 12.0 Å². The lowest BCUT2D eigenvalue weighted by atomic mass is 9.95. The van der Waals surface area contributed by atoms with Crippen molar-refractivity contribution < 1.29 is 19.4 Å². The van der Waals surface area contributed by atoms with Crippen molar-refractivity contribution >= 4 is 35.0 Å². The number of aliphatic hydroxyl groups excluding tert-OH is 1. The largest absolute Gasteiger partial charge is 0.507 e. The normalized spacial score (nSPS) is 17.9. The number of halogens is 1. The molecule has 1 fully saturated rings. The lowest BCUT2D eigenvalue weighted by Gasteiger charge is -2.23. The first-order valence-electron chi connectivity index (χ1n) is 8.99. The highest BCUT2D eigenvalue weighted by Gasteiger charge is 2.48. The van der Waals surface area contributed by atoms with Crippen LogP contribution in [0.2, 0.25) is 5.02 Å². The summed E-state index contributed by atoms with van der Waals surface area (Å²) in [5, 5.41) is 11.5. The molecule has 30 heavy (non-hydrogen) atoms. The molecule has 0 saturated carbocycles. The summed E-state index contributed by atoms with van der Waals surface area (Å²) in [5.41, 5.74) is 0.905. The second kappa shape index (κ2) is 7.96. The summed E-state index contributed by atoms with van der Waals surface area (Å²) in [4.78, 5) is 35.3. The molecule has 3 aromatic rings. The van der Waals surface area contributed by atoms with Gasteiger partial charge in [-0.3, -0.25) is 14.5 Å². The van der Waals surface area contributed by atoms with Crippen LogP contribution in [-0.4, -0.2) is 33.9 Å². The van der Waals surface area contributed by atoms with Crippen LogP contribution in [0.5, 0.6) is 5.75 Å². The molecular formula is C22H16ClN3O4. The quantitative estimate of drug-likeness (QED) is 0.391. The molecule has 7 nitrogen and oxygen atoms in total. The Hall–Kier alpha value is -3.71. The number of aromatic nitrogens is 2. The lowest BCUT2D eigenvalue weighted by Crippen LogP contribution is -2.31. The van der Waals surface area contributed by atoms with Gasteiger partial charge in [-0.05, 0) is 48.0 Å². The van der Waals surface area contributed by atoms with E-state index in [0.29, 0.717) is 21.9 Å². The molecule has 1 aliphatic rings. The van der Waals surface area contributed by atoms with Crippen LogP contribution in [0.15, 0.2) is 72.6 Å². The third-order valence-corrected chi connectivity index (χ3v) is 5.01. The predicted molar refractivity (Wildman–Crippen MR) is 111 cm³/mol. The van der Waals surface area contributed by atoms with E-state index in [4.69, 9.17) is 16.3 Å². The first-order valence-corrected chi connectivity index (χ1v) is 9.37. The highest BCUT2D eigenvalue weighted by molar-refractivity contribution is 6.51. The van der Waals surface area contributed by atoms with E-state index in [1.54, 1.807) is 54.6 Å². The summed E-state index contributed by atoms with van der Waals surface area (Å²) >= 11 is 6.01. The van der Waals surface area contributed by atoms with Crippen molar-refractivity contribution in [1.82, 2.24) is 9.97 Å². The molecular weight excluding hydrogens is 406 g/mol. The van der Waals surface area contributed by atoms with Gasteiger partial charge in [0.1, 0.15) is 11.5 Å². The fourth-order valence-corrected chi connectivity index (χ4v) is 3.45. The standard InChI is InChI=1S/C22H16ClN3O4/c1-30-16-9-5-14(6-10-16)19(27)17-18(13-3-7-15(23)8-4-13)26(21(29)20(17)28)22-24-11-2-12-25-22/h2-12,18,27H,1H3. The van der Waals surface area contributed by atoms with Crippen LogP contribution in [0.1, 0.15) is 17.2 Å². The van der Waals surface area contributed by atoms with E-state index < -0.39 is 17.7 Å². The zero-order valence-electron chi connectivity index (χ0n) is 15.8. The summed E-state index contributed by atoms with van der Waals surface area (Å²) < 4.78 is 5.13. The number of hydrogen-bond donors (Lipinski definition) is 1. The topological polar surface area (TPSA) is 92.6 Å². The summed E-state index contributed by atoms with van der Waals surface area (Å²) in [5.74, 6) is -1.28. The van der Waals surface area contributed by atoms with E-state index in [0.717, 1.165) is 0 Å². The Morgan fingerprint density at radius 2 is 1.67 bits per heavy atom. The van der Waals surface area contributed by atoms with Crippen molar-refractivity contribution in [1.29, 1.82) is 0 Å². The van der Waals surface area contributed by atoms with Gasteiger partial charge in [0.15, 0.2) is 0 Å². The highest BCUT2D eigenvalue weighted by Crippen LogP contribution is 2.41. The van der Waals surface area contributed by atoms with Gasteiger partial charge in [-0.15, -0.1) is 0 Å². The zero-order chi connectivity index (χ0) is 21.3. The van der Waals surface area contributed by atoms with Gasteiger partial charge >= 0.3 is 5.91 Å². The maximum absolute atomic E-state index is 13.0. The third kappa shape index (κ3) is 3.40. The molecule has 0 bridgehead atoms. The van der Waals surface area contributed by atoms with Crippen LogP contribution in [-0.2, 0) is 9.59 Å². The van der Waals surface area contributed by atoms with E-state index in [-0.39, 0.29) is 17.3 Å². The Balaban J connectivity index is 1.91. The smallest absolute Gasteiger partial charge is 0.302 e. The van der Waals surface area contributed by atoms with E-state index in [1.807, 2.05) is 0 Å². The van der Waals surface area contributed by atoms with Crippen LogP contribution < -0.4 is 9.64 Å². The molecule has 1 unspecified atom stereocenters. The molecule has 1 N–H and O–H groups in total. The molecule has 0 aliphatic carbocycles. The van der Waals surface area contributed by atoms with Gasteiger partial charge in [-0.1, -0.05) is 23.7 Å². The maximum Gasteiger partial charge on any atom is 0.302 e. The van der Waals surface area contributed by atoms with Crippen LogP contribution in [0, 0.1) is 0 Å². The van der Waals surface area contributed by atoms with Gasteiger partial charge in [-0.2, -0.15) is 0 Å². The molecule has 1 amide bonds. The fraction of sp³-hybridized carbons (Fsp3) is 0.0909. The molecule has 1 aromatic heterocycles. The Bertz CT molecular complexity index is 1130. The van der Waals surface area contributed by atoms with Crippen LogP contribution in [0.25, 0.3) is 5.76 Å². The number of nitrogens with zero attached hydrogens (tertiary/aromatic N) is 3. The number of Topliss-reactive ketones (excluding diaryl/α,β-unsaturated/α-hetero) is 1. The van der Waals surface area contributed by atoms with E-state index in [1.165, 1.54) is 24.4 Å². The minimum absolute atomic E-state index is 0.0556. The number of carbonyl (C=O) groups excluding carboxylic acids is 2. The second-order valence-corrected chi connectivity index (χ2v) is 6.93. The zero-order valence-corrected chi connectivity index (χ0v) is 16.6. The van der Waals surface area contributed by atoms with E-state index in [2.05, 4.69) is 9.97 Å². The second-order valence-electron chi connectivity index (χ2n) is 6.50. The summed E-state index contributed by atoms with van der Waals surface area (Å²) in [6.45, 7) is 0. The molecule has 1 aliphatic heterocycles. The maximum atomic E-state index is 13.0. The number of benzene rings is 2. The Labute approximate surface area is 177 Å². The summed E-state index contributed by atoms with van der Waals surface area (Å²) in [6, 6.07) is 13.9. The van der Waals surface area contributed by atoms with Gasteiger partial charge in [0.2, 0.25) is 5.95 Å². The molecule has 8 heteroatoms.